The lowest BCUT2D eigenvalue weighted by atomic mass is 10.0. The minimum Gasteiger partial charge on any atom is -0.493 e. The molecular formula is C13H17FN2O. The second-order valence-corrected chi connectivity index (χ2v) is 4.03. The Hall–Kier alpha value is -1.60. The molecule has 0 bridgehead atoms. The van der Waals surface area contributed by atoms with Crippen LogP contribution >= 0.6 is 0 Å². The molecule has 1 rings (SSSR count). The van der Waals surface area contributed by atoms with Crippen molar-refractivity contribution in [2.45, 2.75) is 25.8 Å². The molecule has 17 heavy (non-hydrogen) atoms. The van der Waals surface area contributed by atoms with Gasteiger partial charge < -0.3 is 4.74 Å². The molecular weight excluding hydrogens is 219 g/mol. The van der Waals surface area contributed by atoms with Crippen molar-refractivity contribution in [2.75, 3.05) is 13.2 Å². The Morgan fingerprint density at radius 3 is 2.88 bits per heavy atom. The molecule has 0 fully saturated rings. The number of nitrogens with one attached hydrogen (secondary N) is 1. The summed E-state index contributed by atoms with van der Waals surface area (Å²) in [5.41, 5.74) is -0.595. The fourth-order valence-electron chi connectivity index (χ4n) is 1.50. The van der Waals surface area contributed by atoms with Crippen molar-refractivity contribution in [2.24, 2.45) is 0 Å². The zero-order valence-corrected chi connectivity index (χ0v) is 10.2. The Bertz CT molecular complexity index is 403. The van der Waals surface area contributed by atoms with Crippen LogP contribution in [0.25, 0.3) is 0 Å². The van der Waals surface area contributed by atoms with Crippen molar-refractivity contribution in [3.05, 3.63) is 30.1 Å². The van der Waals surface area contributed by atoms with Crippen LogP contribution in [0.1, 0.15) is 20.3 Å². The third-order valence-electron chi connectivity index (χ3n) is 2.48. The Kier molecular flexibility index (Phi) is 4.92. The number of nitrogens with zero attached hydrogens (tertiary/aromatic N) is 1. The molecule has 0 aliphatic heterocycles. The Morgan fingerprint density at radius 2 is 2.29 bits per heavy atom. The number of nitriles is 1. The average molecular weight is 236 g/mol. The number of halogens is 1. The third kappa shape index (κ3) is 4.41. The van der Waals surface area contributed by atoms with Crippen LogP contribution in [0.4, 0.5) is 4.39 Å². The predicted octanol–water partition coefficient (Wildman–Crippen LogP) is 2.49. The molecule has 0 saturated carbocycles. The minimum absolute atomic E-state index is 0.322. The van der Waals surface area contributed by atoms with E-state index in [4.69, 9.17) is 10.00 Å². The Morgan fingerprint density at radius 1 is 1.53 bits per heavy atom. The van der Waals surface area contributed by atoms with E-state index in [1.54, 1.807) is 12.1 Å². The van der Waals surface area contributed by atoms with E-state index < -0.39 is 5.54 Å². The van der Waals surface area contributed by atoms with Crippen molar-refractivity contribution in [3.63, 3.8) is 0 Å². The summed E-state index contributed by atoms with van der Waals surface area (Å²) in [7, 11) is 0. The van der Waals surface area contributed by atoms with E-state index in [0.717, 1.165) is 6.54 Å². The molecule has 0 aliphatic rings. The summed E-state index contributed by atoms with van der Waals surface area (Å²) in [6, 6.07) is 8.20. The van der Waals surface area contributed by atoms with Gasteiger partial charge in [-0.3, -0.25) is 5.32 Å². The van der Waals surface area contributed by atoms with Gasteiger partial charge in [-0.05, 0) is 25.6 Å². The van der Waals surface area contributed by atoms with Gasteiger partial charge in [0.2, 0.25) is 0 Å². The van der Waals surface area contributed by atoms with E-state index in [-0.39, 0.29) is 5.82 Å². The predicted molar refractivity (Wildman–Crippen MR) is 64.2 cm³/mol. The topological polar surface area (TPSA) is 45.0 Å². The van der Waals surface area contributed by atoms with Gasteiger partial charge in [0.25, 0.3) is 0 Å². The van der Waals surface area contributed by atoms with Gasteiger partial charge in [-0.1, -0.05) is 13.0 Å². The van der Waals surface area contributed by atoms with Gasteiger partial charge in [-0.2, -0.15) is 5.26 Å². The van der Waals surface area contributed by atoms with Crippen LogP contribution in [0.3, 0.4) is 0 Å². The lowest BCUT2D eigenvalue weighted by molar-refractivity contribution is 0.268. The highest BCUT2D eigenvalue weighted by Crippen LogP contribution is 2.14. The second kappa shape index (κ2) is 6.21. The van der Waals surface area contributed by atoms with E-state index in [9.17, 15) is 4.39 Å². The number of hydrogen-bond acceptors (Lipinski definition) is 3. The molecule has 3 nitrogen and oxygen atoms in total. The quantitative estimate of drug-likeness (QED) is 0.825. The van der Waals surface area contributed by atoms with Crippen molar-refractivity contribution in [1.82, 2.24) is 5.32 Å². The highest BCUT2D eigenvalue weighted by Gasteiger charge is 2.21. The van der Waals surface area contributed by atoms with E-state index in [1.807, 2.05) is 13.8 Å². The van der Waals surface area contributed by atoms with Gasteiger partial charge in [-0.15, -0.1) is 0 Å². The van der Waals surface area contributed by atoms with Crippen LogP contribution in [-0.2, 0) is 0 Å². The molecule has 0 saturated heterocycles. The molecule has 1 atom stereocenters. The van der Waals surface area contributed by atoms with Gasteiger partial charge in [0.05, 0.1) is 12.7 Å². The molecule has 1 N–H and O–H groups in total. The summed E-state index contributed by atoms with van der Waals surface area (Å²) in [5, 5.41) is 12.1. The Labute approximate surface area is 101 Å². The molecule has 1 aromatic rings. The summed E-state index contributed by atoms with van der Waals surface area (Å²) < 4.78 is 18.3. The summed E-state index contributed by atoms with van der Waals surface area (Å²) >= 11 is 0. The smallest absolute Gasteiger partial charge is 0.126 e. The fourth-order valence-corrected chi connectivity index (χ4v) is 1.50. The average Bonchev–Trinajstić information content (AvgIpc) is 2.29. The molecule has 4 heteroatoms. The van der Waals surface area contributed by atoms with Gasteiger partial charge in [0, 0.05) is 12.5 Å². The highest BCUT2D eigenvalue weighted by atomic mass is 19.1. The van der Waals surface area contributed by atoms with Crippen molar-refractivity contribution in [3.8, 4) is 11.8 Å². The first-order chi connectivity index (χ1) is 8.09. The molecule has 1 aromatic carbocycles. The first kappa shape index (κ1) is 13.5. The van der Waals surface area contributed by atoms with Gasteiger partial charge in [-0.25, -0.2) is 4.39 Å². The van der Waals surface area contributed by atoms with Crippen molar-refractivity contribution in [1.29, 1.82) is 5.26 Å². The van der Waals surface area contributed by atoms with E-state index in [0.29, 0.717) is 18.8 Å². The third-order valence-corrected chi connectivity index (χ3v) is 2.48. The van der Waals surface area contributed by atoms with Crippen LogP contribution in [0.2, 0.25) is 0 Å². The molecule has 0 aliphatic carbocycles. The fraction of sp³-hybridized carbons (Fsp3) is 0.462. The SMILES string of the molecule is CCNC(C)(C#N)CCOc1cccc(F)c1. The summed E-state index contributed by atoms with van der Waals surface area (Å²) in [4.78, 5) is 0. The van der Waals surface area contributed by atoms with Crippen LogP contribution in [0.5, 0.6) is 5.75 Å². The van der Waals surface area contributed by atoms with Gasteiger partial charge in [0.1, 0.15) is 17.1 Å². The van der Waals surface area contributed by atoms with E-state index in [2.05, 4.69) is 11.4 Å². The van der Waals surface area contributed by atoms with Gasteiger partial charge in [0.15, 0.2) is 0 Å². The number of rotatable bonds is 6. The second-order valence-electron chi connectivity index (χ2n) is 4.03. The molecule has 92 valence electrons. The van der Waals surface area contributed by atoms with Crippen molar-refractivity contribution >= 4 is 0 Å². The zero-order chi connectivity index (χ0) is 12.7. The number of ether oxygens (including phenoxy) is 1. The maximum absolute atomic E-state index is 12.9. The monoisotopic (exact) mass is 236 g/mol. The van der Waals surface area contributed by atoms with Crippen LogP contribution in [-0.4, -0.2) is 18.7 Å². The zero-order valence-electron chi connectivity index (χ0n) is 10.2. The number of hydrogen-bond donors (Lipinski definition) is 1. The molecule has 0 radical (unpaired) electrons. The molecule has 0 amide bonds. The van der Waals surface area contributed by atoms with Gasteiger partial charge >= 0.3 is 0 Å². The van der Waals surface area contributed by atoms with E-state index >= 15 is 0 Å². The van der Waals surface area contributed by atoms with Crippen LogP contribution in [0.15, 0.2) is 24.3 Å². The molecule has 0 heterocycles. The standard InChI is InChI=1S/C13H17FN2O/c1-3-16-13(2,10-15)7-8-17-12-6-4-5-11(14)9-12/h4-6,9,16H,3,7-8H2,1-2H3. The maximum Gasteiger partial charge on any atom is 0.126 e. The normalized spacial score (nSPS) is 13.8. The lowest BCUT2D eigenvalue weighted by Crippen LogP contribution is -2.42. The minimum atomic E-state index is -0.595. The molecule has 1 unspecified atom stereocenters. The van der Waals surface area contributed by atoms with E-state index in [1.165, 1.54) is 12.1 Å². The first-order valence-corrected chi connectivity index (χ1v) is 5.64. The first-order valence-electron chi connectivity index (χ1n) is 5.64. The van der Waals surface area contributed by atoms with Crippen molar-refractivity contribution < 1.29 is 9.13 Å². The lowest BCUT2D eigenvalue weighted by Gasteiger charge is -2.22. The highest BCUT2D eigenvalue weighted by molar-refractivity contribution is 5.22. The largest absolute Gasteiger partial charge is 0.493 e. The van der Waals surface area contributed by atoms with Crippen LogP contribution in [0, 0.1) is 17.1 Å². The summed E-state index contributed by atoms with van der Waals surface area (Å²) in [5.74, 6) is 0.166. The molecule has 0 aromatic heterocycles. The Balaban J connectivity index is 2.44. The van der Waals surface area contributed by atoms with Crippen LogP contribution < -0.4 is 10.1 Å². The summed E-state index contributed by atoms with van der Waals surface area (Å²) in [6.45, 7) is 4.87. The summed E-state index contributed by atoms with van der Waals surface area (Å²) in [6.07, 6.45) is 0.549. The molecule has 0 spiro atoms. The number of benzene rings is 1. The maximum atomic E-state index is 12.9.